The standard InChI is InChI=1S/C13H13BrFN3/c1-18-8-16-17-12(18)13(6-11(15)7-13)9-3-2-4-10(14)5-9/h2-5,8,11H,6-7H2,1H3/t11-,13+. The van der Waals surface area contributed by atoms with E-state index in [-0.39, 0.29) is 5.41 Å². The van der Waals surface area contributed by atoms with Gasteiger partial charge in [0.15, 0.2) is 0 Å². The molecule has 94 valence electrons. The third-order valence-electron chi connectivity index (χ3n) is 3.66. The van der Waals surface area contributed by atoms with Crippen molar-refractivity contribution in [1.82, 2.24) is 14.8 Å². The first-order valence-electron chi connectivity index (χ1n) is 5.86. The van der Waals surface area contributed by atoms with Gasteiger partial charge < -0.3 is 4.57 Å². The Morgan fingerprint density at radius 1 is 1.44 bits per heavy atom. The van der Waals surface area contributed by atoms with Gasteiger partial charge in [0.1, 0.15) is 18.3 Å². The zero-order valence-electron chi connectivity index (χ0n) is 9.98. The summed E-state index contributed by atoms with van der Waals surface area (Å²) in [5, 5.41) is 8.10. The van der Waals surface area contributed by atoms with Crippen LogP contribution >= 0.6 is 15.9 Å². The Morgan fingerprint density at radius 3 is 2.78 bits per heavy atom. The number of rotatable bonds is 2. The monoisotopic (exact) mass is 309 g/mol. The summed E-state index contributed by atoms with van der Waals surface area (Å²) < 4.78 is 16.3. The van der Waals surface area contributed by atoms with Crippen molar-refractivity contribution >= 4 is 15.9 Å². The molecular formula is C13H13BrFN3. The molecule has 1 aromatic heterocycles. The Kier molecular flexibility index (Phi) is 2.73. The molecule has 0 N–H and O–H groups in total. The van der Waals surface area contributed by atoms with Crippen LogP contribution in [0.25, 0.3) is 0 Å². The summed E-state index contributed by atoms with van der Waals surface area (Å²) in [4.78, 5) is 0. The maximum absolute atomic E-state index is 13.5. The Morgan fingerprint density at radius 2 is 2.22 bits per heavy atom. The number of aromatic nitrogens is 3. The predicted octanol–water partition coefficient (Wildman–Crippen LogP) is 3.00. The van der Waals surface area contributed by atoms with Gasteiger partial charge in [-0.2, -0.15) is 0 Å². The fraction of sp³-hybridized carbons (Fsp3) is 0.385. The number of nitrogens with zero attached hydrogens (tertiary/aromatic N) is 3. The van der Waals surface area contributed by atoms with Crippen LogP contribution in [-0.4, -0.2) is 20.9 Å². The van der Waals surface area contributed by atoms with E-state index in [9.17, 15) is 4.39 Å². The Balaban J connectivity index is 2.11. The van der Waals surface area contributed by atoms with Gasteiger partial charge in [-0.25, -0.2) is 4.39 Å². The van der Waals surface area contributed by atoms with Crippen molar-refractivity contribution in [1.29, 1.82) is 0 Å². The molecule has 1 saturated carbocycles. The van der Waals surface area contributed by atoms with Crippen molar-refractivity contribution < 1.29 is 4.39 Å². The minimum atomic E-state index is -0.749. The molecule has 1 heterocycles. The average Bonchev–Trinajstić information content (AvgIpc) is 2.71. The van der Waals surface area contributed by atoms with Crippen LogP contribution in [0.1, 0.15) is 24.2 Å². The molecular weight excluding hydrogens is 297 g/mol. The zero-order valence-corrected chi connectivity index (χ0v) is 11.6. The maximum Gasteiger partial charge on any atom is 0.143 e. The summed E-state index contributed by atoms with van der Waals surface area (Å²) in [6.45, 7) is 0. The quantitative estimate of drug-likeness (QED) is 0.854. The molecule has 1 aliphatic carbocycles. The molecule has 2 aromatic rings. The fourth-order valence-corrected chi connectivity index (χ4v) is 3.15. The van der Waals surface area contributed by atoms with Gasteiger partial charge in [0, 0.05) is 11.5 Å². The number of benzene rings is 1. The highest BCUT2D eigenvalue weighted by atomic mass is 79.9. The SMILES string of the molecule is Cn1cnnc1[C@]1(c2cccc(Br)c2)C[C@H](F)C1. The van der Waals surface area contributed by atoms with Crippen LogP contribution in [0.3, 0.4) is 0 Å². The summed E-state index contributed by atoms with van der Waals surface area (Å²) in [5.74, 6) is 0.842. The second kappa shape index (κ2) is 4.16. The molecule has 0 saturated heterocycles. The lowest BCUT2D eigenvalue weighted by molar-refractivity contribution is 0.114. The molecule has 0 radical (unpaired) electrons. The van der Waals surface area contributed by atoms with Crippen molar-refractivity contribution in [2.24, 2.45) is 7.05 Å². The lowest BCUT2D eigenvalue weighted by Crippen LogP contribution is -2.45. The first-order chi connectivity index (χ1) is 8.62. The lowest BCUT2D eigenvalue weighted by atomic mass is 9.62. The number of halogens is 2. The molecule has 18 heavy (non-hydrogen) atoms. The molecule has 3 rings (SSSR count). The van der Waals surface area contributed by atoms with Crippen LogP contribution in [0.5, 0.6) is 0 Å². The van der Waals surface area contributed by atoms with Gasteiger partial charge in [-0.3, -0.25) is 0 Å². The van der Waals surface area contributed by atoms with Gasteiger partial charge in [0.25, 0.3) is 0 Å². The van der Waals surface area contributed by atoms with Gasteiger partial charge in [0.05, 0.1) is 5.41 Å². The van der Waals surface area contributed by atoms with Crippen LogP contribution < -0.4 is 0 Å². The molecule has 0 aliphatic heterocycles. The summed E-state index contributed by atoms with van der Waals surface area (Å²) in [5.41, 5.74) is 0.774. The van der Waals surface area contributed by atoms with Gasteiger partial charge in [-0.15, -0.1) is 10.2 Å². The summed E-state index contributed by atoms with van der Waals surface area (Å²) in [7, 11) is 1.90. The van der Waals surface area contributed by atoms with Gasteiger partial charge >= 0.3 is 0 Å². The van der Waals surface area contributed by atoms with Gasteiger partial charge in [0.2, 0.25) is 0 Å². The minimum Gasteiger partial charge on any atom is -0.320 e. The van der Waals surface area contributed by atoms with Crippen molar-refractivity contribution in [3.8, 4) is 0 Å². The third kappa shape index (κ3) is 1.68. The Labute approximate surface area is 113 Å². The number of alkyl halides is 1. The normalized spacial score (nSPS) is 26.9. The van der Waals surface area contributed by atoms with E-state index in [1.54, 1.807) is 6.33 Å². The summed E-state index contributed by atoms with van der Waals surface area (Å²) in [6.07, 6.45) is 1.88. The van der Waals surface area contributed by atoms with Gasteiger partial charge in [-0.05, 0) is 30.5 Å². The third-order valence-corrected chi connectivity index (χ3v) is 4.15. The largest absolute Gasteiger partial charge is 0.320 e. The van der Waals surface area contributed by atoms with E-state index in [0.29, 0.717) is 12.8 Å². The molecule has 0 bridgehead atoms. The number of hydrogen-bond acceptors (Lipinski definition) is 2. The van der Waals surface area contributed by atoms with E-state index in [1.165, 1.54) is 0 Å². The Bertz CT molecular complexity index is 575. The highest BCUT2D eigenvalue weighted by Crippen LogP contribution is 2.49. The molecule has 0 amide bonds. The van der Waals surface area contributed by atoms with E-state index >= 15 is 0 Å². The number of aryl methyl sites for hydroxylation is 1. The van der Waals surface area contributed by atoms with Crippen LogP contribution in [0.2, 0.25) is 0 Å². The average molecular weight is 310 g/mol. The highest BCUT2D eigenvalue weighted by molar-refractivity contribution is 9.10. The van der Waals surface area contributed by atoms with Gasteiger partial charge in [-0.1, -0.05) is 28.1 Å². The van der Waals surface area contributed by atoms with Crippen LogP contribution in [-0.2, 0) is 12.5 Å². The van der Waals surface area contributed by atoms with E-state index in [4.69, 9.17) is 0 Å². The van der Waals surface area contributed by atoms with E-state index in [2.05, 4.69) is 26.1 Å². The molecule has 1 aromatic carbocycles. The maximum atomic E-state index is 13.5. The second-order valence-corrected chi connectivity index (χ2v) is 5.78. The lowest BCUT2D eigenvalue weighted by Gasteiger charge is -2.43. The van der Waals surface area contributed by atoms with Crippen molar-refractivity contribution in [3.63, 3.8) is 0 Å². The molecule has 1 aliphatic rings. The van der Waals surface area contributed by atoms with Crippen LogP contribution in [0, 0.1) is 0 Å². The first-order valence-corrected chi connectivity index (χ1v) is 6.66. The number of hydrogen-bond donors (Lipinski definition) is 0. The molecule has 0 unspecified atom stereocenters. The van der Waals surface area contributed by atoms with Crippen LogP contribution in [0.4, 0.5) is 4.39 Å². The smallest absolute Gasteiger partial charge is 0.143 e. The van der Waals surface area contributed by atoms with E-state index in [0.717, 1.165) is 15.9 Å². The first kappa shape index (κ1) is 11.8. The van der Waals surface area contributed by atoms with Crippen molar-refractivity contribution in [3.05, 3.63) is 46.5 Å². The summed E-state index contributed by atoms with van der Waals surface area (Å²) in [6, 6.07) is 8.02. The summed E-state index contributed by atoms with van der Waals surface area (Å²) >= 11 is 3.47. The van der Waals surface area contributed by atoms with E-state index < -0.39 is 6.17 Å². The van der Waals surface area contributed by atoms with Crippen molar-refractivity contribution in [2.75, 3.05) is 0 Å². The Hall–Kier alpha value is -1.23. The fourth-order valence-electron chi connectivity index (χ4n) is 2.75. The van der Waals surface area contributed by atoms with Crippen molar-refractivity contribution in [2.45, 2.75) is 24.4 Å². The second-order valence-electron chi connectivity index (χ2n) is 4.86. The molecule has 0 atom stereocenters. The zero-order chi connectivity index (χ0) is 12.8. The topological polar surface area (TPSA) is 30.7 Å². The highest BCUT2D eigenvalue weighted by Gasteiger charge is 2.50. The van der Waals surface area contributed by atoms with Crippen LogP contribution in [0.15, 0.2) is 35.1 Å². The minimum absolute atomic E-state index is 0.325. The predicted molar refractivity (Wildman–Crippen MR) is 70.1 cm³/mol. The van der Waals surface area contributed by atoms with E-state index in [1.807, 2.05) is 35.9 Å². The molecule has 5 heteroatoms. The molecule has 1 fully saturated rings. The molecule has 3 nitrogen and oxygen atoms in total. The molecule has 0 spiro atoms.